The minimum atomic E-state index is -1.15. The average Bonchev–Trinajstić information content (AvgIpc) is 2.32. The molecule has 8 heteroatoms. The van der Waals surface area contributed by atoms with E-state index in [1.54, 1.807) is 6.92 Å². The summed E-state index contributed by atoms with van der Waals surface area (Å²) in [5.74, 6) is -3.12. The number of esters is 1. The monoisotopic (exact) mass is 277 g/mol. The number of carbonyl (C=O) groups is 3. The van der Waals surface area contributed by atoms with E-state index in [4.69, 9.17) is 5.11 Å². The van der Waals surface area contributed by atoms with Gasteiger partial charge in [-0.15, -0.1) is 11.8 Å². The van der Waals surface area contributed by atoms with E-state index in [0.717, 1.165) is 17.2 Å². The second-order valence-corrected chi connectivity index (χ2v) is 4.33. The van der Waals surface area contributed by atoms with Gasteiger partial charge < -0.3 is 20.3 Å². The van der Waals surface area contributed by atoms with Gasteiger partial charge in [0.15, 0.2) is 0 Å². The Hall–Kier alpha value is -1.70. The van der Waals surface area contributed by atoms with E-state index in [2.05, 4.69) is 10.1 Å². The zero-order valence-electron chi connectivity index (χ0n) is 10.0. The van der Waals surface area contributed by atoms with Gasteiger partial charge in [0.25, 0.3) is 0 Å². The summed E-state index contributed by atoms with van der Waals surface area (Å²) in [5.41, 5.74) is 0. The van der Waals surface area contributed by atoms with Crippen molar-refractivity contribution in [3.05, 3.63) is 11.2 Å². The lowest BCUT2D eigenvalue weighted by atomic mass is 10.4. The predicted molar refractivity (Wildman–Crippen MR) is 65.0 cm³/mol. The number of hydrogen-bond donors (Lipinski definition) is 3. The number of ether oxygens (including phenoxy) is 1. The maximum absolute atomic E-state index is 11.3. The smallest absolute Gasteiger partial charge is 0.373 e. The van der Waals surface area contributed by atoms with Crippen molar-refractivity contribution < 1.29 is 29.3 Å². The Morgan fingerprint density at radius 1 is 1.39 bits per heavy atom. The Labute approximate surface area is 108 Å². The van der Waals surface area contributed by atoms with Gasteiger partial charge in [0.2, 0.25) is 11.7 Å². The number of carboxylic acid groups (broad SMARTS) is 1. The Kier molecular flexibility index (Phi) is 7.61. The summed E-state index contributed by atoms with van der Waals surface area (Å²) in [5, 5.41) is 20.2. The highest BCUT2D eigenvalue weighted by Crippen LogP contribution is 2.14. The van der Waals surface area contributed by atoms with Crippen molar-refractivity contribution in [2.45, 2.75) is 19.1 Å². The molecule has 0 aliphatic heterocycles. The first-order valence-electron chi connectivity index (χ1n) is 5.09. The van der Waals surface area contributed by atoms with E-state index in [9.17, 15) is 19.5 Å². The number of aliphatic hydroxyl groups excluding tert-OH is 1. The van der Waals surface area contributed by atoms with Gasteiger partial charge in [-0.3, -0.25) is 9.59 Å². The number of nitrogens with one attached hydrogen (secondary N) is 1. The molecule has 1 unspecified atom stereocenters. The van der Waals surface area contributed by atoms with Crippen LogP contribution in [0.2, 0.25) is 0 Å². The first-order chi connectivity index (χ1) is 8.38. The van der Waals surface area contributed by atoms with Crippen molar-refractivity contribution in [3.63, 3.8) is 0 Å². The summed E-state index contributed by atoms with van der Waals surface area (Å²) in [6, 6.07) is 0. The molecular formula is C10H15NO6S. The van der Waals surface area contributed by atoms with Crippen LogP contribution in [0.4, 0.5) is 0 Å². The lowest BCUT2D eigenvalue weighted by Crippen LogP contribution is -2.34. The normalized spacial score (nSPS) is 12.7. The standard InChI is InChI=1S/C10H15NO6S/c1-3-17-10(16)7(12)5-18-6(2)9(15)11-4-8(13)14/h5-6,12H,3-4H2,1-2H3,(H,11,15)(H,13,14)/b7-5-. The number of carboxylic acids is 1. The van der Waals surface area contributed by atoms with Gasteiger partial charge in [0.05, 0.1) is 11.9 Å². The highest BCUT2D eigenvalue weighted by Gasteiger charge is 2.15. The maximum Gasteiger partial charge on any atom is 0.373 e. The molecule has 0 aromatic rings. The molecule has 7 nitrogen and oxygen atoms in total. The molecule has 1 atom stereocenters. The van der Waals surface area contributed by atoms with Gasteiger partial charge >= 0.3 is 11.9 Å². The zero-order chi connectivity index (χ0) is 14.1. The van der Waals surface area contributed by atoms with Gasteiger partial charge in [-0.05, 0) is 13.8 Å². The van der Waals surface area contributed by atoms with Crippen molar-refractivity contribution in [1.82, 2.24) is 5.32 Å². The molecular weight excluding hydrogens is 262 g/mol. The summed E-state index contributed by atoms with van der Waals surface area (Å²) in [7, 11) is 0. The molecule has 3 N–H and O–H groups in total. The number of thioether (sulfide) groups is 1. The van der Waals surface area contributed by atoms with Crippen LogP contribution in [0.5, 0.6) is 0 Å². The van der Waals surface area contributed by atoms with Crippen LogP contribution >= 0.6 is 11.8 Å². The van der Waals surface area contributed by atoms with Gasteiger partial charge in [-0.25, -0.2) is 4.79 Å². The van der Waals surface area contributed by atoms with Gasteiger partial charge in [0.1, 0.15) is 6.54 Å². The second-order valence-electron chi connectivity index (χ2n) is 3.11. The number of aliphatic hydroxyl groups is 1. The quantitative estimate of drug-likeness (QED) is 0.348. The van der Waals surface area contributed by atoms with Crippen LogP contribution in [-0.2, 0) is 19.1 Å². The molecule has 0 saturated heterocycles. The number of amides is 1. The molecule has 18 heavy (non-hydrogen) atoms. The predicted octanol–water partition coefficient (Wildman–Crippen LogP) is 0.271. The Morgan fingerprint density at radius 2 is 2.00 bits per heavy atom. The van der Waals surface area contributed by atoms with Crippen LogP contribution in [0.1, 0.15) is 13.8 Å². The van der Waals surface area contributed by atoms with Crippen molar-refractivity contribution >= 4 is 29.6 Å². The van der Waals surface area contributed by atoms with Crippen LogP contribution in [0.3, 0.4) is 0 Å². The number of carbonyl (C=O) groups excluding carboxylic acids is 2. The van der Waals surface area contributed by atoms with Crippen LogP contribution in [0, 0.1) is 0 Å². The molecule has 0 bridgehead atoms. The van der Waals surface area contributed by atoms with Crippen molar-refractivity contribution in [2.75, 3.05) is 13.2 Å². The summed E-state index contributed by atoms with van der Waals surface area (Å²) < 4.78 is 4.53. The molecule has 0 radical (unpaired) electrons. The molecule has 0 spiro atoms. The third kappa shape index (κ3) is 6.79. The molecule has 1 amide bonds. The molecule has 0 aliphatic rings. The van der Waals surface area contributed by atoms with Crippen LogP contribution < -0.4 is 5.32 Å². The molecule has 0 fully saturated rings. The van der Waals surface area contributed by atoms with E-state index < -0.39 is 35.4 Å². The van der Waals surface area contributed by atoms with Crippen molar-refractivity contribution in [1.29, 1.82) is 0 Å². The molecule has 0 saturated carbocycles. The second kappa shape index (κ2) is 8.40. The minimum absolute atomic E-state index is 0.135. The summed E-state index contributed by atoms with van der Waals surface area (Å²) in [6.07, 6.45) is 0. The Morgan fingerprint density at radius 3 is 2.50 bits per heavy atom. The maximum atomic E-state index is 11.3. The first-order valence-corrected chi connectivity index (χ1v) is 6.04. The highest BCUT2D eigenvalue weighted by atomic mass is 32.2. The van der Waals surface area contributed by atoms with Crippen LogP contribution in [0.15, 0.2) is 11.2 Å². The third-order valence-electron chi connectivity index (χ3n) is 1.65. The number of rotatable bonds is 7. The SMILES string of the molecule is CCOC(=O)/C(O)=C/SC(C)C(=O)NCC(=O)O. The molecule has 0 aromatic carbocycles. The third-order valence-corrected chi connectivity index (χ3v) is 2.63. The lowest BCUT2D eigenvalue weighted by molar-refractivity contribution is -0.141. The minimum Gasteiger partial charge on any atom is -0.501 e. The lowest BCUT2D eigenvalue weighted by Gasteiger charge is -2.08. The molecule has 0 rings (SSSR count). The molecule has 0 heterocycles. The first kappa shape index (κ1) is 16.3. The van der Waals surface area contributed by atoms with E-state index in [1.165, 1.54) is 6.92 Å². The van der Waals surface area contributed by atoms with Crippen LogP contribution in [-0.4, -0.2) is 46.5 Å². The van der Waals surface area contributed by atoms with E-state index in [-0.39, 0.29) is 6.61 Å². The summed E-state index contributed by atoms with van der Waals surface area (Å²) in [6.45, 7) is 2.77. The Balaban J connectivity index is 4.18. The number of aliphatic carboxylic acids is 1. The molecule has 102 valence electrons. The fourth-order valence-corrected chi connectivity index (χ4v) is 1.42. The molecule has 0 aliphatic carbocycles. The average molecular weight is 277 g/mol. The molecule has 0 aromatic heterocycles. The summed E-state index contributed by atoms with van der Waals surface area (Å²) >= 11 is 0.881. The van der Waals surface area contributed by atoms with Crippen LogP contribution in [0.25, 0.3) is 0 Å². The van der Waals surface area contributed by atoms with Gasteiger partial charge in [-0.2, -0.15) is 0 Å². The fraction of sp³-hybridized carbons (Fsp3) is 0.500. The van der Waals surface area contributed by atoms with E-state index in [0.29, 0.717) is 0 Å². The largest absolute Gasteiger partial charge is 0.501 e. The van der Waals surface area contributed by atoms with E-state index >= 15 is 0 Å². The van der Waals surface area contributed by atoms with Gasteiger partial charge in [-0.1, -0.05) is 0 Å². The zero-order valence-corrected chi connectivity index (χ0v) is 10.8. The van der Waals surface area contributed by atoms with Crippen molar-refractivity contribution in [3.8, 4) is 0 Å². The highest BCUT2D eigenvalue weighted by molar-refractivity contribution is 8.03. The van der Waals surface area contributed by atoms with E-state index in [1.807, 2.05) is 0 Å². The van der Waals surface area contributed by atoms with Crippen molar-refractivity contribution in [2.24, 2.45) is 0 Å². The number of hydrogen-bond acceptors (Lipinski definition) is 6. The Bertz CT molecular complexity index is 354. The summed E-state index contributed by atoms with van der Waals surface area (Å²) in [4.78, 5) is 32.6. The fourth-order valence-electron chi connectivity index (χ4n) is 0.788. The topological polar surface area (TPSA) is 113 Å². The van der Waals surface area contributed by atoms with Gasteiger partial charge in [0, 0.05) is 5.41 Å².